The summed E-state index contributed by atoms with van der Waals surface area (Å²) in [7, 11) is -3.52. The maximum absolute atomic E-state index is 11.3. The van der Waals surface area contributed by atoms with E-state index in [1.807, 2.05) is 4.72 Å². The quantitative estimate of drug-likeness (QED) is 0.722. The molecule has 16 heavy (non-hydrogen) atoms. The average Bonchev–Trinajstić information content (AvgIpc) is 2.63. The van der Waals surface area contributed by atoms with Crippen LogP contribution in [0, 0.1) is 0 Å². The third-order valence-electron chi connectivity index (χ3n) is 2.21. The van der Waals surface area contributed by atoms with Crippen LogP contribution in [0.25, 0.3) is 0 Å². The van der Waals surface area contributed by atoms with Crippen LogP contribution in [-0.4, -0.2) is 46.0 Å². The molecule has 1 heterocycles. The van der Waals surface area contributed by atoms with Gasteiger partial charge in [-0.1, -0.05) is 0 Å². The van der Waals surface area contributed by atoms with Gasteiger partial charge in [-0.25, -0.2) is 8.42 Å². The number of sulfonamides is 1. The van der Waals surface area contributed by atoms with Crippen molar-refractivity contribution in [2.75, 3.05) is 19.5 Å². The Hall–Kier alpha value is -0.660. The number of amides is 1. The number of ether oxygens (including phenoxy) is 2. The minimum atomic E-state index is -3.52. The third kappa shape index (κ3) is 4.91. The van der Waals surface area contributed by atoms with E-state index in [1.54, 1.807) is 0 Å². The standard InChI is InChI=1S/C9H17NO5S/c1-7(9(11)10-16(2,12)13)15-6-8-4-3-5-14-8/h7-8H,3-6H2,1-2H3,(H,10,11)/t7-,8+/m0/s1. The number of carbonyl (C=O) groups is 1. The molecule has 0 aromatic carbocycles. The molecule has 0 radical (unpaired) electrons. The van der Waals surface area contributed by atoms with E-state index in [-0.39, 0.29) is 6.10 Å². The van der Waals surface area contributed by atoms with Crippen LogP contribution in [0.1, 0.15) is 19.8 Å². The van der Waals surface area contributed by atoms with Crippen LogP contribution in [-0.2, 0) is 24.3 Å². The maximum Gasteiger partial charge on any atom is 0.262 e. The Bertz CT molecular complexity index is 334. The van der Waals surface area contributed by atoms with Crippen LogP contribution in [0.15, 0.2) is 0 Å². The molecular formula is C9H17NO5S. The topological polar surface area (TPSA) is 81.7 Å². The van der Waals surface area contributed by atoms with Crippen molar-refractivity contribution in [3.8, 4) is 0 Å². The molecule has 1 N–H and O–H groups in total. The van der Waals surface area contributed by atoms with Crippen molar-refractivity contribution in [3.05, 3.63) is 0 Å². The molecular weight excluding hydrogens is 234 g/mol. The van der Waals surface area contributed by atoms with Gasteiger partial charge < -0.3 is 9.47 Å². The van der Waals surface area contributed by atoms with E-state index in [0.717, 1.165) is 25.7 Å². The molecule has 94 valence electrons. The molecule has 0 aromatic heterocycles. The van der Waals surface area contributed by atoms with Crippen molar-refractivity contribution < 1.29 is 22.7 Å². The van der Waals surface area contributed by atoms with Crippen LogP contribution in [0.3, 0.4) is 0 Å². The first kappa shape index (κ1) is 13.4. The average molecular weight is 251 g/mol. The van der Waals surface area contributed by atoms with Crippen LogP contribution < -0.4 is 4.72 Å². The van der Waals surface area contributed by atoms with E-state index in [9.17, 15) is 13.2 Å². The molecule has 1 aliphatic heterocycles. The van der Waals surface area contributed by atoms with Crippen LogP contribution >= 0.6 is 0 Å². The summed E-state index contributed by atoms with van der Waals surface area (Å²) in [4.78, 5) is 11.3. The van der Waals surface area contributed by atoms with Crippen molar-refractivity contribution in [2.45, 2.75) is 32.0 Å². The van der Waals surface area contributed by atoms with E-state index in [0.29, 0.717) is 6.61 Å². The van der Waals surface area contributed by atoms with Gasteiger partial charge in [-0.15, -0.1) is 0 Å². The van der Waals surface area contributed by atoms with Crippen molar-refractivity contribution in [1.29, 1.82) is 0 Å². The lowest BCUT2D eigenvalue weighted by molar-refractivity contribution is -0.131. The zero-order chi connectivity index (χ0) is 12.2. The lowest BCUT2D eigenvalue weighted by Crippen LogP contribution is -2.38. The Kier molecular flexibility index (Phi) is 4.69. The van der Waals surface area contributed by atoms with Gasteiger partial charge in [0.1, 0.15) is 6.10 Å². The molecule has 0 saturated carbocycles. The number of hydrogen-bond donors (Lipinski definition) is 1. The molecule has 6 nitrogen and oxygen atoms in total. The molecule has 0 bridgehead atoms. The molecule has 2 atom stereocenters. The van der Waals surface area contributed by atoms with E-state index in [4.69, 9.17) is 9.47 Å². The van der Waals surface area contributed by atoms with E-state index in [2.05, 4.69) is 0 Å². The van der Waals surface area contributed by atoms with Crippen molar-refractivity contribution in [2.24, 2.45) is 0 Å². The molecule has 0 aliphatic carbocycles. The molecule has 1 aliphatic rings. The number of hydrogen-bond acceptors (Lipinski definition) is 5. The normalized spacial score (nSPS) is 23.0. The summed E-state index contributed by atoms with van der Waals surface area (Å²) >= 11 is 0. The highest BCUT2D eigenvalue weighted by atomic mass is 32.2. The number of nitrogens with one attached hydrogen (secondary N) is 1. The summed E-state index contributed by atoms with van der Waals surface area (Å²) in [6.07, 6.45) is 2.07. The predicted molar refractivity (Wildman–Crippen MR) is 57.4 cm³/mol. The number of carbonyl (C=O) groups excluding carboxylic acids is 1. The lowest BCUT2D eigenvalue weighted by Gasteiger charge is -2.15. The second kappa shape index (κ2) is 5.60. The Labute approximate surface area is 95.4 Å². The largest absolute Gasteiger partial charge is 0.376 e. The Morgan fingerprint density at radius 3 is 2.81 bits per heavy atom. The molecule has 0 spiro atoms. The van der Waals surface area contributed by atoms with E-state index >= 15 is 0 Å². The van der Waals surface area contributed by atoms with Gasteiger partial charge in [0, 0.05) is 6.61 Å². The summed E-state index contributed by atoms with van der Waals surface area (Å²) in [6.45, 7) is 2.55. The Balaban J connectivity index is 2.28. The second-order valence-corrected chi connectivity index (χ2v) is 5.60. The third-order valence-corrected chi connectivity index (χ3v) is 2.78. The highest BCUT2D eigenvalue weighted by Gasteiger charge is 2.21. The first-order chi connectivity index (χ1) is 7.38. The smallest absolute Gasteiger partial charge is 0.262 e. The SMILES string of the molecule is C[C@H](OC[C@H]1CCCO1)C(=O)NS(C)(=O)=O. The van der Waals surface area contributed by atoms with Crippen LogP contribution in [0.2, 0.25) is 0 Å². The highest BCUT2D eigenvalue weighted by Crippen LogP contribution is 2.12. The van der Waals surface area contributed by atoms with Gasteiger partial charge in [-0.2, -0.15) is 0 Å². The van der Waals surface area contributed by atoms with Crippen molar-refractivity contribution in [1.82, 2.24) is 4.72 Å². The summed E-state index contributed by atoms with van der Waals surface area (Å²) in [6, 6.07) is 0. The summed E-state index contributed by atoms with van der Waals surface area (Å²) in [5, 5.41) is 0. The summed E-state index contributed by atoms with van der Waals surface area (Å²) in [5.74, 6) is -0.652. The molecule has 0 unspecified atom stereocenters. The minimum Gasteiger partial charge on any atom is -0.376 e. The van der Waals surface area contributed by atoms with Gasteiger partial charge >= 0.3 is 0 Å². The molecule has 7 heteroatoms. The fourth-order valence-electron chi connectivity index (χ4n) is 1.37. The fourth-order valence-corrected chi connectivity index (χ4v) is 1.90. The molecule has 1 amide bonds. The van der Waals surface area contributed by atoms with Crippen molar-refractivity contribution >= 4 is 15.9 Å². The van der Waals surface area contributed by atoms with Crippen molar-refractivity contribution in [3.63, 3.8) is 0 Å². The lowest BCUT2D eigenvalue weighted by atomic mass is 10.2. The van der Waals surface area contributed by atoms with Crippen LogP contribution in [0.4, 0.5) is 0 Å². The fraction of sp³-hybridized carbons (Fsp3) is 0.889. The van der Waals surface area contributed by atoms with Gasteiger partial charge in [0.15, 0.2) is 0 Å². The van der Waals surface area contributed by atoms with Gasteiger partial charge in [-0.3, -0.25) is 9.52 Å². The molecule has 1 saturated heterocycles. The molecule has 1 fully saturated rings. The minimum absolute atomic E-state index is 0.0217. The van der Waals surface area contributed by atoms with Gasteiger partial charge in [0.05, 0.1) is 19.0 Å². The molecule has 1 rings (SSSR count). The van der Waals surface area contributed by atoms with Gasteiger partial charge in [0.2, 0.25) is 10.0 Å². The number of rotatable bonds is 5. The van der Waals surface area contributed by atoms with Crippen LogP contribution in [0.5, 0.6) is 0 Å². The highest BCUT2D eigenvalue weighted by molar-refractivity contribution is 7.89. The first-order valence-electron chi connectivity index (χ1n) is 5.13. The Morgan fingerprint density at radius 1 is 1.62 bits per heavy atom. The zero-order valence-corrected chi connectivity index (χ0v) is 10.2. The first-order valence-corrected chi connectivity index (χ1v) is 7.02. The van der Waals surface area contributed by atoms with Gasteiger partial charge in [-0.05, 0) is 19.8 Å². The Morgan fingerprint density at radius 2 is 2.31 bits per heavy atom. The molecule has 0 aromatic rings. The second-order valence-electron chi connectivity index (χ2n) is 3.85. The maximum atomic E-state index is 11.3. The summed E-state index contributed by atoms with van der Waals surface area (Å²) in [5.41, 5.74) is 0. The van der Waals surface area contributed by atoms with E-state index < -0.39 is 22.0 Å². The van der Waals surface area contributed by atoms with Gasteiger partial charge in [0.25, 0.3) is 5.91 Å². The zero-order valence-electron chi connectivity index (χ0n) is 9.43. The monoisotopic (exact) mass is 251 g/mol. The predicted octanol–water partition coefficient (Wildman–Crippen LogP) is -0.354. The summed E-state index contributed by atoms with van der Waals surface area (Å²) < 4.78 is 34.0. The van der Waals surface area contributed by atoms with E-state index in [1.165, 1.54) is 6.92 Å².